The highest BCUT2D eigenvalue weighted by Crippen LogP contribution is 2.34. The lowest BCUT2D eigenvalue weighted by atomic mass is 10.0. The highest BCUT2D eigenvalue weighted by molar-refractivity contribution is 7.98. The van der Waals surface area contributed by atoms with Gasteiger partial charge in [0.1, 0.15) is 6.10 Å². The smallest absolute Gasteiger partial charge is 0.218 e. The van der Waals surface area contributed by atoms with Crippen LogP contribution in [0.5, 0.6) is 0 Å². The summed E-state index contributed by atoms with van der Waals surface area (Å²) < 4.78 is 12.6. The first-order valence-electron chi connectivity index (χ1n) is 6.98. The van der Waals surface area contributed by atoms with Crippen LogP contribution in [0.1, 0.15) is 12.5 Å². The number of nitrogens with zero attached hydrogens (tertiary/aromatic N) is 4. The fourth-order valence-corrected chi connectivity index (χ4v) is 3.22. The molecule has 2 aliphatic rings. The SMILES string of the molecule is CSc1ccc(-c2nnnn2[C@@H]2CC(=O)[C@@H]3OC[C@H]2O3)cc1. The van der Waals surface area contributed by atoms with Crippen molar-refractivity contribution in [3.05, 3.63) is 24.3 Å². The molecule has 0 N–H and O–H groups in total. The lowest BCUT2D eigenvalue weighted by Crippen LogP contribution is -2.37. The summed E-state index contributed by atoms with van der Waals surface area (Å²) in [6, 6.07) is 7.78. The Bertz CT molecular complexity index is 702. The third-order valence-corrected chi connectivity index (χ3v) is 4.71. The summed E-state index contributed by atoms with van der Waals surface area (Å²) in [6.07, 6.45) is 1.47. The minimum atomic E-state index is -0.706. The zero-order valence-corrected chi connectivity index (χ0v) is 12.7. The van der Waals surface area contributed by atoms with Gasteiger partial charge in [0.2, 0.25) is 6.29 Å². The molecule has 0 amide bonds. The van der Waals surface area contributed by atoms with Gasteiger partial charge in [-0.05, 0) is 28.8 Å². The molecule has 1 aromatic carbocycles. The molecule has 0 unspecified atom stereocenters. The van der Waals surface area contributed by atoms with Crippen molar-refractivity contribution in [2.45, 2.75) is 29.8 Å². The molecule has 8 heteroatoms. The third-order valence-electron chi connectivity index (χ3n) is 3.97. The summed E-state index contributed by atoms with van der Waals surface area (Å²) in [4.78, 5) is 13.1. The van der Waals surface area contributed by atoms with E-state index in [1.165, 1.54) is 4.90 Å². The predicted octanol–water partition coefficient (Wildman–Crippen LogP) is 1.32. The summed E-state index contributed by atoms with van der Waals surface area (Å²) >= 11 is 1.68. The first-order chi connectivity index (χ1) is 10.8. The Morgan fingerprint density at radius 2 is 2.14 bits per heavy atom. The van der Waals surface area contributed by atoms with Crippen molar-refractivity contribution in [1.82, 2.24) is 20.2 Å². The number of benzene rings is 1. The van der Waals surface area contributed by atoms with Gasteiger partial charge in [-0.25, -0.2) is 4.68 Å². The van der Waals surface area contributed by atoms with Gasteiger partial charge < -0.3 is 9.47 Å². The van der Waals surface area contributed by atoms with E-state index in [4.69, 9.17) is 9.47 Å². The molecule has 7 nitrogen and oxygen atoms in total. The van der Waals surface area contributed by atoms with Crippen molar-refractivity contribution in [2.75, 3.05) is 12.9 Å². The number of carbonyl (C=O) groups is 1. The number of hydrogen-bond donors (Lipinski definition) is 0. The summed E-state index contributed by atoms with van der Waals surface area (Å²) in [5.74, 6) is 0.581. The second-order valence-electron chi connectivity index (χ2n) is 5.25. The van der Waals surface area contributed by atoms with Gasteiger partial charge in [-0.15, -0.1) is 16.9 Å². The van der Waals surface area contributed by atoms with E-state index in [-0.39, 0.29) is 17.9 Å². The highest BCUT2D eigenvalue weighted by Gasteiger charge is 2.45. The highest BCUT2D eigenvalue weighted by atomic mass is 32.2. The normalized spacial score (nSPS) is 27.3. The van der Waals surface area contributed by atoms with Crippen LogP contribution in [-0.2, 0) is 14.3 Å². The molecule has 2 aromatic rings. The number of rotatable bonds is 3. The van der Waals surface area contributed by atoms with Crippen LogP contribution in [0.4, 0.5) is 0 Å². The van der Waals surface area contributed by atoms with Crippen LogP contribution in [0.15, 0.2) is 29.2 Å². The van der Waals surface area contributed by atoms with Crippen LogP contribution in [0, 0.1) is 0 Å². The first kappa shape index (κ1) is 13.9. The molecule has 2 bridgehead atoms. The van der Waals surface area contributed by atoms with E-state index >= 15 is 0 Å². The molecule has 0 saturated carbocycles. The Morgan fingerprint density at radius 3 is 2.91 bits per heavy atom. The number of aromatic nitrogens is 4. The van der Waals surface area contributed by atoms with Gasteiger partial charge in [0, 0.05) is 16.9 Å². The predicted molar refractivity (Wildman–Crippen MR) is 78.3 cm³/mol. The van der Waals surface area contributed by atoms with Gasteiger partial charge in [-0.2, -0.15) is 0 Å². The fourth-order valence-electron chi connectivity index (χ4n) is 2.82. The van der Waals surface area contributed by atoms with Gasteiger partial charge in [0.05, 0.1) is 12.6 Å². The lowest BCUT2D eigenvalue weighted by molar-refractivity contribution is -0.156. The summed E-state index contributed by atoms with van der Waals surface area (Å²) in [7, 11) is 0. The maximum absolute atomic E-state index is 12.0. The summed E-state index contributed by atoms with van der Waals surface area (Å²) in [6.45, 7) is 0.395. The Kier molecular flexibility index (Phi) is 3.44. The second kappa shape index (κ2) is 5.45. The number of fused-ring (bicyclic) bond motifs is 2. The Morgan fingerprint density at radius 1 is 1.32 bits per heavy atom. The number of Topliss-reactive ketones (excluding diaryl/α,β-unsaturated/α-hetero) is 1. The largest absolute Gasteiger partial charge is 0.343 e. The zero-order chi connectivity index (χ0) is 15.1. The first-order valence-corrected chi connectivity index (χ1v) is 8.21. The van der Waals surface area contributed by atoms with Crippen molar-refractivity contribution in [3.8, 4) is 11.4 Å². The standard InChI is InChI=1S/C14H14N4O3S/c1-22-9-4-2-8(3-5-9)13-15-16-17-18(13)10-6-11(19)14-20-7-12(10)21-14/h2-5,10,12,14H,6-7H2,1H3/t10-,12-,14-/m1/s1. The zero-order valence-electron chi connectivity index (χ0n) is 11.9. The topological polar surface area (TPSA) is 79.1 Å². The van der Waals surface area contributed by atoms with Crippen LogP contribution >= 0.6 is 11.8 Å². The molecule has 4 rings (SSSR count). The maximum Gasteiger partial charge on any atom is 0.218 e. The van der Waals surface area contributed by atoms with Crippen molar-refractivity contribution >= 4 is 17.5 Å². The molecule has 2 fully saturated rings. The Balaban J connectivity index is 1.68. The Labute approximate surface area is 131 Å². The molecule has 3 heterocycles. The van der Waals surface area contributed by atoms with Gasteiger partial charge in [0.25, 0.3) is 0 Å². The van der Waals surface area contributed by atoms with E-state index in [2.05, 4.69) is 15.5 Å². The molecule has 0 spiro atoms. The average Bonchev–Trinajstić information content (AvgIpc) is 3.20. The molecule has 0 aliphatic carbocycles. The number of thioether (sulfide) groups is 1. The number of hydrogen-bond acceptors (Lipinski definition) is 7. The molecule has 1 aromatic heterocycles. The van der Waals surface area contributed by atoms with E-state index in [1.54, 1.807) is 16.4 Å². The van der Waals surface area contributed by atoms with Crippen molar-refractivity contribution in [3.63, 3.8) is 0 Å². The maximum atomic E-state index is 12.0. The van der Waals surface area contributed by atoms with Crippen LogP contribution < -0.4 is 0 Å². The average molecular weight is 318 g/mol. The third kappa shape index (κ3) is 2.23. The van der Waals surface area contributed by atoms with Crippen molar-refractivity contribution in [1.29, 1.82) is 0 Å². The quantitative estimate of drug-likeness (QED) is 0.790. The lowest BCUT2D eigenvalue weighted by Gasteiger charge is -2.26. The molecule has 0 radical (unpaired) electrons. The van der Waals surface area contributed by atoms with Crippen LogP contribution in [0.25, 0.3) is 11.4 Å². The van der Waals surface area contributed by atoms with Crippen LogP contribution in [0.3, 0.4) is 0 Å². The number of tetrazole rings is 1. The van der Waals surface area contributed by atoms with E-state index < -0.39 is 6.29 Å². The minimum absolute atomic E-state index is 0.0575. The summed E-state index contributed by atoms with van der Waals surface area (Å²) in [5.41, 5.74) is 0.913. The summed E-state index contributed by atoms with van der Waals surface area (Å²) in [5, 5.41) is 12.0. The van der Waals surface area contributed by atoms with Gasteiger partial charge >= 0.3 is 0 Å². The van der Waals surface area contributed by atoms with E-state index in [1.807, 2.05) is 30.5 Å². The van der Waals surface area contributed by atoms with Gasteiger partial charge in [0.15, 0.2) is 11.6 Å². The molecule has 2 saturated heterocycles. The minimum Gasteiger partial charge on any atom is -0.343 e. The van der Waals surface area contributed by atoms with Crippen LogP contribution in [0.2, 0.25) is 0 Å². The van der Waals surface area contributed by atoms with Gasteiger partial charge in [-0.3, -0.25) is 4.79 Å². The monoisotopic (exact) mass is 318 g/mol. The van der Waals surface area contributed by atoms with E-state index in [9.17, 15) is 4.79 Å². The van der Waals surface area contributed by atoms with E-state index in [0.29, 0.717) is 18.9 Å². The molecular weight excluding hydrogens is 304 g/mol. The van der Waals surface area contributed by atoms with Gasteiger partial charge in [-0.1, -0.05) is 12.1 Å². The fraction of sp³-hybridized carbons (Fsp3) is 0.429. The molecule has 3 atom stereocenters. The molecule has 2 aliphatic heterocycles. The Hall–Kier alpha value is -1.77. The number of ether oxygens (including phenoxy) is 2. The van der Waals surface area contributed by atoms with E-state index in [0.717, 1.165) is 5.56 Å². The van der Waals surface area contributed by atoms with Crippen molar-refractivity contribution < 1.29 is 14.3 Å². The molecular formula is C14H14N4O3S. The number of carbonyl (C=O) groups excluding carboxylic acids is 1. The molecule has 22 heavy (non-hydrogen) atoms. The molecule has 114 valence electrons. The van der Waals surface area contributed by atoms with Crippen LogP contribution in [-0.4, -0.2) is 51.2 Å². The van der Waals surface area contributed by atoms with Crippen molar-refractivity contribution in [2.24, 2.45) is 0 Å². The number of ketones is 1. The second-order valence-corrected chi connectivity index (χ2v) is 6.13.